The summed E-state index contributed by atoms with van der Waals surface area (Å²) in [6.07, 6.45) is 6.88. The standard InChI is InChI=1S/C15H26N2OS/c1-4-11(2)7-17-8-13(12-5-6-12)14(9-17)16-15(18)10-19-3/h4,12-14H,5-10H2,1-3H3,(H,16,18)/b11-4+/t13-,14+/m1/s1. The van der Waals surface area contributed by atoms with Crippen molar-refractivity contribution >= 4 is 17.7 Å². The van der Waals surface area contributed by atoms with E-state index < -0.39 is 0 Å². The molecule has 0 aromatic heterocycles. The smallest absolute Gasteiger partial charge is 0.230 e. The number of rotatable bonds is 6. The van der Waals surface area contributed by atoms with E-state index in [4.69, 9.17) is 0 Å². The second kappa shape index (κ2) is 6.80. The summed E-state index contributed by atoms with van der Waals surface area (Å²) in [6, 6.07) is 0.372. The van der Waals surface area contributed by atoms with Gasteiger partial charge in [0.1, 0.15) is 0 Å². The summed E-state index contributed by atoms with van der Waals surface area (Å²) in [5.74, 6) is 2.32. The largest absolute Gasteiger partial charge is 0.351 e. The number of allylic oxidation sites excluding steroid dienone is 1. The maximum Gasteiger partial charge on any atom is 0.230 e. The van der Waals surface area contributed by atoms with Crippen LogP contribution in [-0.2, 0) is 4.79 Å². The maximum absolute atomic E-state index is 11.8. The predicted molar refractivity (Wildman–Crippen MR) is 82.4 cm³/mol. The number of nitrogens with one attached hydrogen (secondary N) is 1. The molecule has 0 radical (unpaired) electrons. The molecule has 2 aliphatic rings. The molecule has 1 saturated carbocycles. The van der Waals surface area contributed by atoms with Crippen molar-refractivity contribution in [2.45, 2.75) is 32.7 Å². The minimum absolute atomic E-state index is 0.202. The zero-order chi connectivity index (χ0) is 13.8. The van der Waals surface area contributed by atoms with Crippen molar-refractivity contribution in [1.29, 1.82) is 0 Å². The van der Waals surface area contributed by atoms with Gasteiger partial charge in [-0.05, 0) is 44.8 Å². The fraction of sp³-hybridized carbons (Fsp3) is 0.800. The highest BCUT2D eigenvalue weighted by Gasteiger charge is 2.42. The first-order valence-electron chi connectivity index (χ1n) is 7.26. The van der Waals surface area contributed by atoms with Gasteiger partial charge in [-0.15, -0.1) is 0 Å². The number of carbonyl (C=O) groups excluding carboxylic acids is 1. The summed E-state index contributed by atoms with van der Waals surface area (Å²) in [5.41, 5.74) is 1.42. The minimum atomic E-state index is 0.202. The zero-order valence-electron chi connectivity index (χ0n) is 12.3. The molecule has 2 atom stereocenters. The van der Waals surface area contributed by atoms with Gasteiger partial charge in [0, 0.05) is 25.7 Å². The molecule has 1 aliphatic heterocycles. The summed E-state index contributed by atoms with van der Waals surface area (Å²) in [5, 5.41) is 3.25. The Kier molecular flexibility index (Phi) is 5.34. The Morgan fingerprint density at radius 1 is 1.42 bits per heavy atom. The molecule has 0 bridgehead atoms. The van der Waals surface area contributed by atoms with Crippen molar-refractivity contribution < 1.29 is 4.79 Å². The van der Waals surface area contributed by atoms with Gasteiger partial charge >= 0.3 is 0 Å². The molecule has 3 nitrogen and oxygen atoms in total. The number of thioether (sulfide) groups is 1. The van der Waals surface area contributed by atoms with Gasteiger partial charge in [0.05, 0.1) is 5.75 Å². The van der Waals surface area contributed by atoms with Crippen LogP contribution in [0.15, 0.2) is 11.6 Å². The molecule has 0 aromatic carbocycles. The Morgan fingerprint density at radius 2 is 2.16 bits per heavy atom. The molecule has 108 valence electrons. The third-order valence-corrected chi connectivity index (χ3v) is 4.81. The van der Waals surface area contributed by atoms with E-state index in [1.54, 1.807) is 11.8 Å². The molecule has 19 heavy (non-hydrogen) atoms. The van der Waals surface area contributed by atoms with Crippen LogP contribution in [0.1, 0.15) is 26.7 Å². The highest BCUT2D eigenvalue weighted by molar-refractivity contribution is 7.99. The molecule has 0 unspecified atom stereocenters. The monoisotopic (exact) mass is 282 g/mol. The fourth-order valence-electron chi connectivity index (χ4n) is 3.02. The van der Waals surface area contributed by atoms with E-state index in [2.05, 4.69) is 30.1 Å². The van der Waals surface area contributed by atoms with E-state index >= 15 is 0 Å². The molecular weight excluding hydrogens is 256 g/mol. The van der Waals surface area contributed by atoms with Crippen LogP contribution in [0.3, 0.4) is 0 Å². The van der Waals surface area contributed by atoms with E-state index in [-0.39, 0.29) is 5.91 Å². The first-order valence-corrected chi connectivity index (χ1v) is 8.66. The van der Waals surface area contributed by atoms with Crippen LogP contribution in [-0.4, -0.2) is 48.5 Å². The second-order valence-corrected chi connectivity index (χ2v) is 6.80. The van der Waals surface area contributed by atoms with Crippen LogP contribution in [0.4, 0.5) is 0 Å². The Hall–Kier alpha value is -0.480. The summed E-state index contributed by atoms with van der Waals surface area (Å²) in [4.78, 5) is 14.3. The van der Waals surface area contributed by atoms with E-state index in [0.29, 0.717) is 17.7 Å². The van der Waals surface area contributed by atoms with Crippen molar-refractivity contribution in [2.75, 3.05) is 31.6 Å². The van der Waals surface area contributed by atoms with Crippen LogP contribution < -0.4 is 5.32 Å². The van der Waals surface area contributed by atoms with Gasteiger partial charge in [-0.1, -0.05) is 11.6 Å². The SMILES string of the molecule is C/C=C(\C)CN1C[C@H](NC(=O)CSC)[C@@H](C2CC2)C1. The number of hydrogen-bond acceptors (Lipinski definition) is 3. The quantitative estimate of drug-likeness (QED) is 0.758. The Balaban J connectivity index is 1.90. The molecule has 1 N–H and O–H groups in total. The average Bonchev–Trinajstić information content (AvgIpc) is 3.14. The van der Waals surface area contributed by atoms with Crippen LogP contribution in [0.5, 0.6) is 0 Å². The van der Waals surface area contributed by atoms with Crippen molar-refractivity contribution in [3.05, 3.63) is 11.6 Å². The second-order valence-electron chi connectivity index (χ2n) is 5.94. The Labute approximate surface area is 121 Å². The van der Waals surface area contributed by atoms with Gasteiger partial charge in [-0.25, -0.2) is 0 Å². The summed E-state index contributed by atoms with van der Waals surface area (Å²) < 4.78 is 0. The van der Waals surface area contributed by atoms with E-state index in [1.165, 1.54) is 18.4 Å². The first kappa shape index (κ1) is 14.9. The molecule has 2 fully saturated rings. The minimum Gasteiger partial charge on any atom is -0.351 e. The highest BCUT2D eigenvalue weighted by atomic mass is 32.2. The van der Waals surface area contributed by atoms with Crippen LogP contribution in [0, 0.1) is 11.8 Å². The lowest BCUT2D eigenvalue weighted by molar-refractivity contribution is -0.119. The van der Waals surface area contributed by atoms with Crippen molar-refractivity contribution in [3.8, 4) is 0 Å². The van der Waals surface area contributed by atoms with Crippen molar-refractivity contribution in [2.24, 2.45) is 11.8 Å². The molecule has 1 heterocycles. The Bertz CT molecular complexity index is 352. The molecule has 1 saturated heterocycles. The van der Waals surface area contributed by atoms with Gasteiger partial charge in [0.25, 0.3) is 0 Å². The van der Waals surface area contributed by atoms with Crippen molar-refractivity contribution in [3.63, 3.8) is 0 Å². The number of amides is 1. The van der Waals surface area contributed by atoms with Gasteiger partial charge in [-0.3, -0.25) is 9.69 Å². The molecule has 1 amide bonds. The predicted octanol–water partition coefficient (Wildman–Crippen LogP) is 2.14. The first-order chi connectivity index (χ1) is 9.13. The summed E-state index contributed by atoms with van der Waals surface area (Å²) in [6.45, 7) is 7.51. The van der Waals surface area contributed by atoms with Gasteiger partial charge < -0.3 is 5.32 Å². The summed E-state index contributed by atoms with van der Waals surface area (Å²) >= 11 is 1.60. The lowest BCUT2D eigenvalue weighted by Crippen LogP contribution is -2.42. The average molecular weight is 282 g/mol. The van der Waals surface area contributed by atoms with E-state index in [0.717, 1.165) is 25.6 Å². The molecule has 4 heteroatoms. The molecule has 0 spiro atoms. The highest BCUT2D eigenvalue weighted by Crippen LogP contribution is 2.41. The molecule has 0 aromatic rings. The van der Waals surface area contributed by atoms with Crippen LogP contribution in [0.25, 0.3) is 0 Å². The lowest BCUT2D eigenvalue weighted by Gasteiger charge is -2.19. The van der Waals surface area contributed by atoms with E-state index in [9.17, 15) is 4.79 Å². The lowest BCUT2D eigenvalue weighted by atomic mass is 9.98. The van der Waals surface area contributed by atoms with Gasteiger partial charge in [-0.2, -0.15) is 11.8 Å². The Morgan fingerprint density at radius 3 is 2.74 bits per heavy atom. The number of nitrogens with zero attached hydrogens (tertiary/aromatic N) is 1. The van der Waals surface area contributed by atoms with Gasteiger partial charge in [0.2, 0.25) is 5.91 Å². The fourth-order valence-corrected chi connectivity index (χ4v) is 3.37. The number of carbonyl (C=O) groups is 1. The van der Waals surface area contributed by atoms with Crippen molar-refractivity contribution in [1.82, 2.24) is 10.2 Å². The van der Waals surface area contributed by atoms with E-state index in [1.807, 2.05) is 6.26 Å². The number of hydrogen-bond donors (Lipinski definition) is 1. The van der Waals surface area contributed by atoms with Crippen LogP contribution in [0.2, 0.25) is 0 Å². The van der Waals surface area contributed by atoms with Crippen LogP contribution >= 0.6 is 11.8 Å². The zero-order valence-corrected chi connectivity index (χ0v) is 13.1. The maximum atomic E-state index is 11.8. The third kappa shape index (κ3) is 4.25. The third-order valence-electron chi connectivity index (χ3n) is 4.26. The number of likely N-dealkylation sites (tertiary alicyclic amines) is 1. The van der Waals surface area contributed by atoms with Gasteiger partial charge in [0.15, 0.2) is 0 Å². The molecule has 2 rings (SSSR count). The summed E-state index contributed by atoms with van der Waals surface area (Å²) in [7, 11) is 0. The molecule has 1 aliphatic carbocycles. The topological polar surface area (TPSA) is 32.3 Å². The molecular formula is C15H26N2OS. The normalized spacial score (nSPS) is 28.7.